The van der Waals surface area contributed by atoms with Crippen molar-refractivity contribution in [3.63, 3.8) is 0 Å². The first-order valence-electron chi connectivity index (χ1n) is 9.78. The molecule has 5 rings (SSSR count). The molecule has 2 aromatic rings. The minimum Gasteiger partial charge on any atom is -0.343 e. The largest absolute Gasteiger partial charge is 0.343 e. The van der Waals surface area contributed by atoms with Crippen LogP contribution in [0.4, 0.5) is 0 Å². The van der Waals surface area contributed by atoms with Crippen LogP contribution in [0.15, 0.2) is 42.5 Å². The highest BCUT2D eigenvalue weighted by atomic mass is 16.5. The number of amides is 2. The molecule has 0 unspecified atom stereocenters. The standard InChI is InChI=1S/C22H23N3O3/c1-14-8-9-17(15(2)23-14)21(27)24-11-10-22-19(24)12-20(26)25(22)13-18(28-22)16-6-4-3-5-7-16/h3-9,18-19H,10-13H2,1-2H3/t18-,19-,22+/m1/s1. The van der Waals surface area contributed by atoms with Gasteiger partial charge in [-0.1, -0.05) is 30.3 Å². The smallest absolute Gasteiger partial charge is 0.256 e. The Bertz CT molecular complexity index is 961. The molecule has 0 saturated carbocycles. The number of aryl methyl sites for hydroxylation is 2. The fourth-order valence-electron chi connectivity index (χ4n) is 4.98. The Labute approximate surface area is 164 Å². The summed E-state index contributed by atoms with van der Waals surface area (Å²) in [6.45, 7) is 4.90. The molecule has 0 N–H and O–H groups in total. The number of rotatable bonds is 2. The fraction of sp³-hybridized carbons (Fsp3) is 0.409. The van der Waals surface area contributed by atoms with E-state index in [0.29, 0.717) is 31.5 Å². The highest BCUT2D eigenvalue weighted by Crippen LogP contribution is 2.50. The number of pyridine rings is 1. The lowest BCUT2D eigenvalue weighted by Gasteiger charge is -2.32. The predicted molar refractivity (Wildman–Crippen MR) is 102 cm³/mol. The predicted octanol–water partition coefficient (Wildman–Crippen LogP) is 2.61. The highest BCUT2D eigenvalue weighted by Gasteiger charge is 2.65. The Balaban J connectivity index is 1.45. The maximum absolute atomic E-state index is 13.3. The Morgan fingerprint density at radius 3 is 2.71 bits per heavy atom. The average molecular weight is 377 g/mol. The summed E-state index contributed by atoms with van der Waals surface area (Å²) < 4.78 is 6.51. The van der Waals surface area contributed by atoms with Crippen LogP contribution in [0.25, 0.3) is 0 Å². The van der Waals surface area contributed by atoms with Gasteiger partial charge in [-0.2, -0.15) is 0 Å². The van der Waals surface area contributed by atoms with Gasteiger partial charge in [0.25, 0.3) is 5.91 Å². The minimum absolute atomic E-state index is 0.0618. The van der Waals surface area contributed by atoms with Crippen LogP contribution in [-0.2, 0) is 9.53 Å². The monoisotopic (exact) mass is 377 g/mol. The van der Waals surface area contributed by atoms with Crippen molar-refractivity contribution in [2.24, 2.45) is 0 Å². The third-order valence-corrected chi connectivity index (χ3v) is 6.32. The van der Waals surface area contributed by atoms with E-state index in [-0.39, 0.29) is 24.0 Å². The van der Waals surface area contributed by atoms with Gasteiger partial charge in [-0.3, -0.25) is 14.6 Å². The number of hydrogen-bond acceptors (Lipinski definition) is 4. The number of benzene rings is 1. The average Bonchev–Trinajstić information content (AvgIpc) is 3.31. The summed E-state index contributed by atoms with van der Waals surface area (Å²) in [5.41, 5.74) is 2.59. The number of nitrogens with zero attached hydrogens (tertiary/aromatic N) is 3. The molecule has 28 heavy (non-hydrogen) atoms. The van der Waals surface area contributed by atoms with Crippen molar-refractivity contribution in [3.8, 4) is 0 Å². The zero-order valence-corrected chi connectivity index (χ0v) is 16.1. The van der Waals surface area contributed by atoms with E-state index in [1.165, 1.54) is 0 Å². The first-order chi connectivity index (χ1) is 13.5. The normalized spacial score (nSPS) is 28.6. The molecule has 6 heteroatoms. The molecule has 1 aromatic carbocycles. The second-order valence-electron chi connectivity index (χ2n) is 7.92. The molecular formula is C22H23N3O3. The molecule has 3 aliphatic rings. The summed E-state index contributed by atoms with van der Waals surface area (Å²) in [5, 5.41) is 0. The van der Waals surface area contributed by atoms with E-state index in [2.05, 4.69) is 4.98 Å². The Morgan fingerprint density at radius 1 is 1.18 bits per heavy atom. The van der Waals surface area contributed by atoms with Crippen molar-refractivity contribution < 1.29 is 14.3 Å². The Kier molecular flexibility index (Phi) is 3.81. The second kappa shape index (κ2) is 6.14. The second-order valence-corrected chi connectivity index (χ2v) is 7.92. The molecule has 6 nitrogen and oxygen atoms in total. The van der Waals surface area contributed by atoms with Gasteiger partial charge < -0.3 is 14.5 Å². The number of likely N-dealkylation sites (tertiary alicyclic amines) is 1. The van der Waals surface area contributed by atoms with Crippen LogP contribution in [0.3, 0.4) is 0 Å². The summed E-state index contributed by atoms with van der Waals surface area (Å²) in [7, 11) is 0. The summed E-state index contributed by atoms with van der Waals surface area (Å²) >= 11 is 0. The maximum Gasteiger partial charge on any atom is 0.256 e. The van der Waals surface area contributed by atoms with E-state index in [9.17, 15) is 9.59 Å². The molecule has 0 radical (unpaired) electrons. The van der Waals surface area contributed by atoms with Crippen LogP contribution in [0.1, 0.15) is 46.3 Å². The van der Waals surface area contributed by atoms with Crippen LogP contribution >= 0.6 is 0 Å². The molecule has 3 atom stereocenters. The summed E-state index contributed by atoms with van der Waals surface area (Å²) in [5.74, 6) is 0.00738. The van der Waals surface area contributed by atoms with Crippen LogP contribution in [-0.4, -0.2) is 51.5 Å². The zero-order valence-electron chi connectivity index (χ0n) is 16.1. The minimum atomic E-state index is -0.695. The van der Waals surface area contributed by atoms with Crippen molar-refractivity contribution in [3.05, 3.63) is 65.0 Å². The molecule has 4 heterocycles. The molecule has 0 bridgehead atoms. The van der Waals surface area contributed by atoms with Gasteiger partial charge in [0, 0.05) is 18.7 Å². The van der Waals surface area contributed by atoms with Crippen molar-refractivity contribution in [2.75, 3.05) is 13.1 Å². The van der Waals surface area contributed by atoms with Gasteiger partial charge >= 0.3 is 0 Å². The molecule has 0 aliphatic carbocycles. The first-order valence-corrected chi connectivity index (χ1v) is 9.78. The molecule has 3 fully saturated rings. The fourth-order valence-corrected chi connectivity index (χ4v) is 4.98. The van der Waals surface area contributed by atoms with Crippen molar-refractivity contribution in [1.82, 2.24) is 14.8 Å². The summed E-state index contributed by atoms with van der Waals surface area (Å²) in [6.07, 6.45) is 0.827. The van der Waals surface area contributed by atoms with Gasteiger partial charge in [-0.25, -0.2) is 0 Å². The van der Waals surface area contributed by atoms with E-state index < -0.39 is 5.72 Å². The lowest BCUT2D eigenvalue weighted by atomic mass is 10.1. The quantitative estimate of drug-likeness (QED) is 0.807. The summed E-state index contributed by atoms with van der Waals surface area (Å²) in [4.78, 5) is 34.1. The van der Waals surface area contributed by atoms with Gasteiger partial charge in [0.05, 0.1) is 30.3 Å². The van der Waals surface area contributed by atoms with Gasteiger partial charge in [0.2, 0.25) is 5.91 Å². The number of hydrogen-bond donors (Lipinski definition) is 0. The molecule has 1 aromatic heterocycles. The van der Waals surface area contributed by atoms with Gasteiger partial charge in [0.15, 0.2) is 5.72 Å². The topological polar surface area (TPSA) is 62.7 Å². The lowest BCUT2D eigenvalue weighted by Crippen LogP contribution is -2.48. The van der Waals surface area contributed by atoms with E-state index in [1.54, 1.807) is 0 Å². The van der Waals surface area contributed by atoms with E-state index in [4.69, 9.17) is 4.74 Å². The SMILES string of the molecule is Cc1ccc(C(=O)N2CC[C@@]34O[C@@H](c5ccccc5)CN3C(=O)C[C@@H]24)c(C)n1. The number of ether oxygens (including phenoxy) is 1. The van der Waals surface area contributed by atoms with Crippen molar-refractivity contribution in [1.29, 1.82) is 0 Å². The maximum atomic E-state index is 13.3. The third kappa shape index (κ3) is 2.41. The van der Waals surface area contributed by atoms with Gasteiger partial charge in [0.1, 0.15) is 6.10 Å². The van der Waals surface area contributed by atoms with Crippen LogP contribution in [0.5, 0.6) is 0 Å². The lowest BCUT2D eigenvalue weighted by molar-refractivity contribution is -0.138. The van der Waals surface area contributed by atoms with Crippen LogP contribution in [0, 0.1) is 13.8 Å². The van der Waals surface area contributed by atoms with Gasteiger partial charge in [-0.15, -0.1) is 0 Å². The zero-order chi connectivity index (χ0) is 19.5. The number of carbonyl (C=O) groups is 2. The molecule has 2 amide bonds. The molecule has 144 valence electrons. The van der Waals surface area contributed by atoms with E-state index >= 15 is 0 Å². The van der Waals surface area contributed by atoms with E-state index in [0.717, 1.165) is 17.0 Å². The van der Waals surface area contributed by atoms with Crippen LogP contribution < -0.4 is 0 Å². The molecule has 3 aliphatic heterocycles. The molecule has 1 spiro atoms. The van der Waals surface area contributed by atoms with Crippen molar-refractivity contribution in [2.45, 2.75) is 44.6 Å². The van der Waals surface area contributed by atoms with Crippen LogP contribution in [0.2, 0.25) is 0 Å². The number of carbonyl (C=O) groups excluding carboxylic acids is 2. The third-order valence-electron chi connectivity index (χ3n) is 6.32. The highest BCUT2D eigenvalue weighted by molar-refractivity contribution is 5.96. The number of aromatic nitrogens is 1. The first kappa shape index (κ1) is 17.4. The summed E-state index contributed by atoms with van der Waals surface area (Å²) in [6, 6.07) is 13.4. The van der Waals surface area contributed by atoms with Crippen molar-refractivity contribution >= 4 is 11.8 Å². The molecular weight excluding hydrogens is 354 g/mol. The Hall–Kier alpha value is -2.73. The van der Waals surface area contributed by atoms with E-state index in [1.807, 2.05) is 66.1 Å². The molecule has 3 saturated heterocycles. The van der Waals surface area contributed by atoms with Gasteiger partial charge in [-0.05, 0) is 31.5 Å². The Morgan fingerprint density at radius 2 is 1.96 bits per heavy atom.